The number of aryl methyl sites for hydroxylation is 2. The van der Waals surface area contributed by atoms with E-state index in [0.717, 1.165) is 27.8 Å². The number of rotatable bonds is 5. The van der Waals surface area contributed by atoms with E-state index in [2.05, 4.69) is 10.4 Å². The van der Waals surface area contributed by atoms with Crippen molar-refractivity contribution in [1.82, 2.24) is 14.3 Å². The van der Waals surface area contributed by atoms with Gasteiger partial charge in [-0.15, -0.1) is 0 Å². The predicted molar refractivity (Wildman–Crippen MR) is 122 cm³/mol. The first kappa shape index (κ1) is 20.4. The van der Waals surface area contributed by atoms with Crippen molar-refractivity contribution >= 4 is 22.4 Å². The van der Waals surface area contributed by atoms with E-state index >= 15 is 0 Å². The topological polar surface area (TPSA) is 89.2 Å². The van der Waals surface area contributed by atoms with Gasteiger partial charge in [0.15, 0.2) is 0 Å². The molecule has 158 valence electrons. The summed E-state index contributed by atoms with van der Waals surface area (Å²) in [5.41, 5.74) is 4.18. The molecule has 0 bridgehead atoms. The Hall–Kier alpha value is -3.87. The van der Waals surface area contributed by atoms with E-state index in [1.165, 1.54) is 0 Å². The second kappa shape index (κ2) is 7.75. The van der Waals surface area contributed by atoms with Crippen LogP contribution in [-0.2, 0) is 14.1 Å². The number of aromatic carboxylic acids is 1. The summed E-state index contributed by atoms with van der Waals surface area (Å²) in [5, 5.41) is 18.5. The fourth-order valence-corrected chi connectivity index (χ4v) is 3.98. The third-order valence-corrected chi connectivity index (χ3v) is 5.53. The SMILES string of the molecule is Cc1cc(C(C)Nc2ccccc2C(=O)O)c2cc(-c3cnn(C)c3)n(C)c(=O)c2c1. The van der Waals surface area contributed by atoms with Crippen LogP contribution in [0.25, 0.3) is 22.0 Å². The largest absolute Gasteiger partial charge is 0.478 e. The monoisotopic (exact) mass is 416 g/mol. The Morgan fingerprint density at radius 1 is 1.13 bits per heavy atom. The first-order chi connectivity index (χ1) is 14.8. The molecule has 0 aliphatic carbocycles. The van der Waals surface area contributed by atoms with Crippen LogP contribution >= 0.6 is 0 Å². The number of para-hydroxylation sites is 1. The predicted octanol–water partition coefficient (Wildman–Crippen LogP) is 4.12. The minimum absolute atomic E-state index is 0.0839. The van der Waals surface area contributed by atoms with Crippen molar-refractivity contribution in [2.45, 2.75) is 19.9 Å². The Kier molecular flexibility index (Phi) is 5.10. The molecule has 0 radical (unpaired) electrons. The zero-order chi connectivity index (χ0) is 22.3. The lowest BCUT2D eigenvalue weighted by Gasteiger charge is -2.21. The number of benzene rings is 2. The van der Waals surface area contributed by atoms with E-state index < -0.39 is 5.97 Å². The van der Waals surface area contributed by atoms with Gasteiger partial charge in [-0.05, 0) is 54.6 Å². The highest BCUT2D eigenvalue weighted by Gasteiger charge is 2.18. The highest BCUT2D eigenvalue weighted by Crippen LogP contribution is 2.31. The molecular formula is C24H24N4O3. The number of hydrogen-bond acceptors (Lipinski definition) is 4. The van der Waals surface area contributed by atoms with Crippen LogP contribution in [0.3, 0.4) is 0 Å². The van der Waals surface area contributed by atoms with Gasteiger partial charge >= 0.3 is 5.97 Å². The van der Waals surface area contributed by atoms with Gasteiger partial charge in [0.25, 0.3) is 5.56 Å². The third-order valence-electron chi connectivity index (χ3n) is 5.53. The number of nitrogens with zero attached hydrogens (tertiary/aromatic N) is 3. The molecule has 1 atom stereocenters. The Morgan fingerprint density at radius 2 is 1.87 bits per heavy atom. The molecule has 2 N–H and O–H groups in total. The van der Waals surface area contributed by atoms with E-state index in [1.807, 2.05) is 45.3 Å². The molecule has 2 aromatic carbocycles. The van der Waals surface area contributed by atoms with E-state index in [9.17, 15) is 14.7 Å². The summed E-state index contributed by atoms with van der Waals surface area (Å²) in [7, 11) is 3.60. The maximum atomic E-state index is 13.2. The highest BCUT2D eigenvalue weighted by atomic mass is 16.4. The van der Waals surface area contributed by atoms with Gasteiger partial charge in [-0.3, -0.25) is 9.48 Å². The summed E-state index contributed by atoms with van der Waals surface area (Å²) in [5.74, 6) is -0.989. The molecule has 0 saturated carbocycles. The average molecular weight is 416 g/mol. The minimum Gasteiger partial charge on any atom is -0.478 e. The Morgan fingerprint density at radius 3 is 2.55 bits per heavy atom. The molecule has 4 rings (SSSR count). The molecule has 2 aromatic heterocycles. The molecule has 2 heterocycles. The standard InChI is InChI=1S/C24H24N4O3/c1-14-9-18(15(2)26-21-8-6-5-7-17(21)24(30)31)19-11-22(16-12-25-27(3)13-16)28(4)23(29)20(19)10-14/h5-13,15,26H,1-4H3,(H,30,31). The third kappa shape index (κ3) is 3.70. The van der Waals surface area contributed by atoms with Crippen molar-refractivity contribution in [3.63, 3.8) is 0 Å². The minimum atomic E-state index is -0.989. The summed E-state index contributed by atoms with van der Waals surface area (Å²) in [6.45, 7) is 3.92. The van der Waals surface area contributed by atoms with Crippen LogP contribution in [0, 0.1) is 6.92 Å². The number of aromatic nitrogens is 3. The van der Waals surface area contributed by atoms with Crippen molar-refractivity contribution in [2.24, 2.45) is 14.1 Å². The lowest BCUT2D eigenvalue weighted by molar-refractivity contribution is 0.0698. The summed E-state index contributed by atoms with van der Waals surface area (Å²) in [4.78, 5) is 24.8. The zero-order valence-corrected chi connectivity index (χ0v) is 17.9. The summed E-state index contributed by atoms with van der Waals surface area (Å²) < 4.78 is 3.34. The number of nitrogens with one attached hydrogen (secondary N) is 1. The molecule has 31 heavy (non-hydrogen) atoms. The first-order valence-electron chi connectivity index (χ1n) is 9.98. The normalized spacial score (nSPS) is 12.1. The smallest absolute Gasteiger partial charge is 0.337 e. The number of carbonyl (C=O) groups is 1. The van der Waals surface area contributed by atoms with Gasteiger partial charge in [-0.2, -0.15) is 5.10 Å². The highest BCUT2D eigenvalue weighted by molar-refractivity contribution is 5.94. The Balaban J connectivity index is 1.89. The van der Waals surface area contributed by atoms with Gasteiger partial charge in [-0.1, -0.05) is 18.2 Å². The van der Waals surface area contributed by atoms with Crippen LogP contribution in [0.4, 0.5) is 5.69 Å². The fraction of sp³-hybridized carbons (Fsp3) is 0.208. The van der Waals surface area contributed by atoms with Crippen molar-refractivity contribution < 1.29 is 9.90 Å². The van der Waals surface area contributed by atoms with Crippen molar-refractivity contribution in [3.05, 3.63) is 81.9 Å². The summed E-state index contributed by atoms with van der Waals surface area (Å²) in [6.07, 6.45) is 3.61. The Bertz CT molecular complexity index is 1370. The molecule has 4 aromatic rings. The van der Waals surface area contributed by atoms with Gasteiger partial charge in [0.2, 0.25) is 0 Å². The van der Waals surface area contributed by atoms with E-state index in [0.29, 0.717) is 11.1 Å². The summed E-state index contributed by atoms with van der Waals surface area (Å²) >= 11 is 0. The van der Waals surface area contributed by atoms with Crippen LogP contribution in [0.2, 0.25) is 0 Å². The molecule has 7 nitrogen and oxygen atoms in total. The lowest BCUT2D eigenvalue weighted by Crippen LogP contribution is -2.20. The molecule has 0 spiro atoms. The molecule has 0 saturated heterocycles. The fourth-order valence-electron chi connectivity index (χ4n) is 3.98. The number of pyridine rings is 1. The van der Waals surface area contributed by atoms with Crippen LogP contribution in [-0.4, -0.2) is 25.4 Å². The van der Waals surface area contributed by atoms with Crippen molar-refractivity contribution in [2.75, 3.05) is 5.32 Å². The second-order valence-corrected chi connectivity index (χ2v) is 7.83. The number of carboxylic acids is 1. The van der Waals surface area contributed by atoms with Gasteiger partial charge < -0.3 is 15.0 Å². The maximum absolute atomic E-state index is 13.2. The lowest BCUT2D eigenvalue weighted by atomic mass is 9.96. The second-order valence-electron chi connectivity index (χ2n) is 7.83. The van der Waals surface area contributed by atoms with Gasteiger partial charge in [-0.25, -0.2) is 4.79 Å². The van der Waals surface area contributed by atoms with Crippen molar-refractivity contribution in [3.8, 4) is 11.3 Å². The number of anilines is 1. The van der Waals surface area contributed by atoms with E-state index in [1.54, 1.807) is 46.8 Å². The van der Waals surface area contributed by atoms with E-state index in [-0.39, 0.29) is 17.2 Å². The average Bonchev–Trinajstić information content (AvgIpc) is 3.16. The molecule has 0 aliphatic rings. The molecule has 1 unspecified atom stereocenters. The van der Waals surface area contributed by atoms with Crippen LogP contribution in [0.1, 0.15) is 34.5 Å². The van der Waals surface area contributed by atoms with Gasteiger partial charge in [0.1, 0.15) is 0 Å². The molecular weight excluding hydrogens is 392 g/mol. The van der Waals surface area contributed by atoms with Gasteiger partial charge in [0.05, 0.1) is 17.5 Å². The summed E-state index contributed by atoms with van der Waals surface area (Å²) in [6, 6.07) is 12.5. The van der Waals surface area contributed by atoms with Crippen molar-refractivity contribution in [1.29, 1.82) is 0 Å². The van der Waals surface area contributed by atoms with E-state index in [4.69, 9.17) is 0 Å². The molecule has 0 amide bonds. The molecule has 0 fully saturated rings. The van der Waals surface area contributed by atoms with Crippen LogP contribution in [0.15, 0.2) is 59.7 Å². The first-order valence-corrected chi connectivity index (χ1v) is 9.98. The Labute approximate surface area is 179 Å². The van der Waals surface area contributed by atoms with Crippen LogP contribution in [0.5, 0.6) is 0 Å². The molecule has 0 aliphatic heterocycles. The number of fused-ring (bicyclic) bond motifs is 1. The zero-order valence-electron chi connectivity index (χ0n) is 17.9. The van der Waals surface area contributed by atoms with Gasteiger partial charge in [0, 0.05) is 43.0 Å². The quantitative estimate of drug-likeness (QED) is 0.511. The molecule has 7 heteroatoms. The number of hydrogen-bond donors (Lipinski definition) is 2. The van der Waals surface area contributed by atoms with Crippen LogP contribution < -0.4 is 10.9 Å². The number of carboxylic acid groups (broad SMARTS) is 1. The maximum Gasteiger partial charge on any atom is 0.337 e.